The number of hydrogen-bond acceptors (Lipinski definition) is 2. The summed E-state index contributed by atoms with van der Waals surface area (Å²) >= 11 is 0. The van der Waals surface area contributed by atoms with Crippen LogP contribution in [-0.2, 0) is 18.4 Å². The number of aryl methyl sites for hydroxylation is 1. The molecule has 0 atom stereocenters. The van der Waals surface area contributed by atoms with Gasteiger partial charge in [-0.1, -0.05) is 32.9 Å². The lowest BCUT2D eigenvalue weighted by molar-refractivity contribution is -0.141. The molecule has 0 aliphatic heterocycles. The molecule has 3 N–H and O–H groups in total. The van der Waals surface area contributed by atoms with Crippen LogP contribution in [0.2, 0.25) is 0 Å². The number of nitrogens with two attached hydrogens (primary N) is 1. The highest BCUT2D eigenvalue weighted by molar-refractivity contribution is 5.92. The highest BCUT2D eigenvalue weighted by Gasteiger charge is 2.38. The first-order valence-electron chi connectivity index (χ1n) is 9.40. The number of primary amides is 1. The number of rotatable bonds is 7. The maximum Gasteiger partial charge on any atom is 0.406 e. The molecule has 28 heavy (non-hydrogen) atoms. The molecule has 1 amide bonds. The number of nitrogens with zero attached hydrogens (tertiary/aromatic N) is 1. The minimum Gasteiger partial charge on any atom is -0.508 e. The van der Waals surface area contributed by atoms with Gasteiger partial charge in [-0.3, -0.25) is 4.79 Å². The molecule has 1 heterocycles. The van der Waals surface area contributed by atoms with Crippen LogP contribution >= 0.6 is 0 Å². The lowest BCUT2D eigenvalue weighted by Crippen LogP contribution is -2.28. The minimum absolute atomic E-state index is 0.133. The number of hydrogen-bond donors (Lipinski definition) is 2. The monoisotopic (exact) mass is 396 g/mol. The van der Waals surface area contributed by atoms with E-state index in [1.807, 2.05) is 19.9 Å². The highest BCUT2D eigenvalue weighted by Crippen LogP contribution is 2.43. The topological polar surface area (TPSA) is 68.2 Å². The standard InChI is InChI=1S/C21H27F3N2O2/c1-5-16-15(11-17(19(25)28)26(16)12-21(22,23)24)20(6-2,7-3)14-8-9-18(27)13(4)10-14/h8-11,27H,5-7,12H2,1-4H3,(H2,25,28). The van der Waals surface area contributed by atoms with Crippen molar-refractivity contribution in [3.8, 4) is 5.75 Å². The van der Waals surface area contributed by atoms with Crippen LogP contribution < -0.4 is 5.73 Å². The van der Waals surface area contributed by atoms with Crippen LogP contribution in [0.15, 0.2) is 24.3 Å². The van der Waals surface area contributed by atoms with Gasteiger partial charge in [0.05, 0.1) is 0 Å². The van der Waals surface area contributed by atoms with E-state index in [4.69, 9.17) is 5.73 Å². The Hall–Kier alpha value is -2.44. The van der Waals surface area contributed by atoms with Crippen molar-refractivity contribution in [1.29, 1.82) is 0 Å². The number of amides is 1. The molecule has 1 aromatic carbocycles. The van der Waals surface area contributed by atoms with Gasteiger partial charge in [0.1, 0.15) is 18.0 Å². The van der Waals surface area contributed by atoms with Gasteiger partial charge in [-0.25, -0.2) is 0 Å². The molecule has 0 bridgehead atoms. The van der Waals surface area contributed by atoms with Crippen LogP contribution in [0.5, 0.6) is 5.75 Å². The van der Waals surface area contributed by atoms with Gasteiger partial charge in [0, 0.05) is 11.1 Å². The molecule has 0 spiro atoms. The summed E-state index contributed by atoms with van der Waals surface area (Å²) < 4.78 is 40.6. The van der Waals surface area contributed by atoms with E-state index >= 15 is 0 Å². The van der Waals surface area contributed by atoms with Gasteiger partial charge < -0.3 is 15.4 Å². The van der Waals surface area contributed by atoms with E-state index < -0.39 is 24.0 Å². The maximum absolute atomic E-state index is 13.2. The Balaban J connectivity index is 2.82. The molecular weight excluding hydrogens is 369 g/mol. The third-order valence-corrected chi connectivity index (χ3v) is 5.61. The zero-order valence-electron chi connectivity index (χ0n) is 16.7. The summed E-state index contributed by atoms with van der Waals surface area (Å²) in [5.74, 6) is -0.721. The average Bonchev–Trinajstić information content (AvgIpc) is 2.96. The van der Waals surface area contributed by atoms with E-state index in [1.54, 1.807) is 26.0 Å². The number of aromatic hydroxyl groups is 1. The Labute approximate surface area is 163 Å². The molecule has 0 aliphatic carbocycles. The normalized spacial score (nSPS) is 12.4. The molecule has 1 aromatic heterocycles. The summed E-state index contributed by atoms with van der Waals surface area (Å²) in [6.07, 6.45) is -2.90. The molecule has 2 aromatic rings. The van der Waals surface area contributed by atoms with Gasteiger partial charge in [0.25, 0.3) is 5.91 Å². The van der Waals surface area contributed by atoms with E-state index in [2.05, 4.69) is 0 Å². The first-order chi connectivity index (χ1) is 13.0. The van der Waals surface area contributed by atoms with E-state index in [-0.39, 0.29) is 11.4 Å². The number of carbonyl (C=O) groups excluding carboxylic acids is 1. The Morgan fingerprint density at radius 2 is 1.75 bits per heavy atom. The van der Waals surface area contributed by atoms with E-state index in [1.165, 1.54) is 6.07 Å². The second-order valence-corrected chi connectivity index (χ2v) is 7.10. The third kappa shape index (κ3) is 3.88. The minimum atomic E-state index is -4.47. The quantitative estimate of drug-likeness (QED) is 0.704. The lowest BCUT2D eigenvalue weighted by atomic mass is 9.70. The largest absolute Gasteiger partial charge is 0.508 e. The number of phenolic OH excluding ortho intramolecular Hbond substituents is 1. The first kappa shape index (κ1) is 21.9. The molecule has 7 heteroatoms. The van der Waals surface area contributed by atoms with Crippen LogP contribution in [0.1, 0.15) is 66.5 Å². The second kappa shape index (κ2) is 7.89. The predicted molar refractivity (Wildman–Crippen MR) is 103 cm³/mol. The predicted octanol–water partition coefficient (Wildman–Crippen LogP) is 4.83. The number of aromatic nitrogens is 1. The van der Waals surface area contributed by atoms with Gasteiger partial charge in [0.15, 0.2) is 0 Å². The highest BCUT2D eigenvalue weighted by atomic mass is 19.4. The Kier molecular flexibility index (Phi) is 6.16. The smallest absolute Gasteiger partial charge is 0.406 e. The van der Waals surface area contributed by atoms with Gasteiger partial charge >= 0.3 is 6.18 Å². The third-order valence-electron chi connectivity index (χ3n) is 5.61. The van der Waals surface area contributed by atoms with E-state index in [0.29, 0.717) is 36.1 Å². The van der Waals surface area contributed by atoms with Crippen molar-refractivity contribution < 1.29 is 23.1 Å². The lowest BCUT2D eigenvalue weighted by Gasteiger charge is -2.34. The van der Waals surface area contributed by atoms with Crippen molar-refractivity contribution >= 4 is 5.91 Å². The molecule has 0 saturated heterocycles. The molecular formula is C21H27F3N2O2. The van der Waals surface area contributed by atoms with Crippen molar-refractivity contribution in [3.63, 3.8) is 0 Å². The first-order valence-corrected chi connectivity index (χ1v) is 9.40. The maximum atomic E-state index is 13.2. The number of benzene rings is 1. The van der Waals surface area contributed by atoms with Gasteiger partial charge in [0.2, 0.25) is 0 Å². The average molecular weight is 396 g/mol. The van der Waals surface area contributed by atoms with Crippen molar-refractivity contribution in [2.75, 3.05) is 0 Å². The van der Waals surface area contributed by atoms with Crippen LogP contribution in [0.25, 0.3) is 0 Å². The molecule has 2 rings (SSSR count). The molecule has 0 saturated carbocycles. The van der Waals surface area contributed by atoms with Gasteiger partial charge in [-0.15, -0.1) is 0 Å². The fraction of sp³-hybridized carbons (Fsp3) is 0.476. The zero-order chi connectivity index (χ0) is 21.3. The summed E-state index contributed by atoms with van der Waals surface area (Å²) in [5.41, 5.74) is 7.41. The summed E-state index contributed by atoms with van der Waals surface area (Å²) in [4.78, 5) is 11.9. The van der Waals surface area contributed by atoms with E-state index in [9.17, 15) is 23.1 Å². The fourth-order valence-electron chi connectivity index (χ4n) is 4.10. The molecule has 0 unspecified atom stereocenters. The molecule has 0 fully saturated rings. The number of alkyl halides is 3. The van der Waals surface area contributed by atoms with Crippen molar-refractivity contribution in [2.24, 2.45) is 5.73 Å². The van der Waals surface area contributed by atoms with Crippen molar-refractivity contribution in [1.82, 2.24) is 4.57 Å². The summed E-state index contributed by atoms with van der Waals surface area (Å²) in [7, 11) is 0. The van der Waals surface area contributed by atoms with Crippen LogP contribution in [-0.4, -0.2) is 21.8 Å². The van der Waals surface area contributed by atoms with E-state index in [0.717, 1.165) is 10.1 Å². The zero-order valence-corrected chi connectivity index (χ0v) is 16.7. The summed E-state index contributed by atoms with van der Waals surface area (Å²) in [6, 6.07) is 6.76. The van der Waals surface area contributed by atoms with Crippen LogP contribution in [0, 0.1) is 6.92 Å². The Morgan fingerprint density at radius 3 is 2.18 bits per heavy atom. The van der Waals surface area contributed by atoms with Gasteiger partial charge in [-0.05, 0) is 55.0 Å². The molecule has 4 nitrogen and oxygen atoms in total. The van der Waals surface area contributed by atoms with Crippen molar-refractivity contribution in [2.45, 2.75) is 65.1 Å². The SMILES string of the molecule is CCc1c(C(CC)(CC)c2ccc(O)c(C)c2)cc(C(N)=O)n1CC(F)(F)F. The second-order valence-electron chi connectivity index (χ2n) is 7.10. The molecule has 0 aliphatic rings. The molecule has 154 valence electrons. The molecule has 0 radical (unpaired) electrons. The number of halogens is 3. The van der Waals surface area contributed by atoms with Gasteiger partial charge in [-0.2, -0.15) is 13.2 Å². The fourth-order valence-corrected chi connectivity index (χ4v) is 4.10. The van der Waals surface area contributed by atoms with Crippen molar-refractivity contribution in [3.05, 3.63) is 52.3 Å². The van der Waals surface area contributed by atoms with Crippen LogP contribution in [0.4, 0.5) is 13.2 Å². The number of phenols is 1. The summed E-state index contributed by atoms with van der Waals surface area (Å²) in [6.45, 7) is 6.23. The Morgan fingerprint density at radius 1 is 1.14 bits per heavy atom. The summed E-state index contributed by atoms with van der Waals surface area (Å²) in [5, 5.41) is 9.88. The van der Waals surface area contributed by atoms with Crippen LogP contribution in [0.3, 0.4) is 0 Å². The Bertz CT molecular complexity index is 865. The number of carbonyl (C=O) groups is 1.